The lowest BCUT2D eigenvalue weighted by Gasteiger charge is -2.36. The van der Waals surface area contributed by atoms with Crippen LogP contribution in [0.1, 0.15) is 44.3 Å². The van der Waals surface area contributed by atoms with E-state index in [4.69, 9.17) is 0 Å². The van der Waals surface area contributed by atoms with E-state index < -0.39 is 0 Å². The van der Waals surface area contributed by atoms with Gasteiger partial charge in [0.25, 0.3) is 0 Å². The van der Waals surface area contributed by atoms with E-state index >= 15 is 0 Å². The first-order valence-corrected chi connectivity index (χ1v) is 8.84. The highest BCUT2D eigenvalue weighted by Gasteiger charge is 2.23. The summed E-state index contributed by atoms with van der Waals surface area (Å²) in [5, 5.41) is 3.87. The van der Waals surface area contributed by atoms with Crippen molar-refractivity contribution in [3.8, 4) is 0 Å². The van der Waals surface area contributed by atoms with E-state index in [-0.39, 0.29) is 0 Å². The summed E-state index contributed by atoms with van der Waals surface area (Å²) in [7, 11) is 0. The minimum Gasteiger partial charge on any atom is -0.370 e. The summed E-state index contributed by atoms with van der Waals surface area (Å²) < 4.78 is 0. The summed E-state index contributed by atoms with van der Waals surface area (Å²) in [5.41, 5.74) is 2.51. The molecule has 2 heterocycles. The molecule has 1 N–H and O–H groups in total. The topological polar surface area (TPSA) is 28.2 Å². The van der Waals surface area contributed by atoms with Crippen molar-refractivity contribution >= 4 is 5.69 Å². The van der Waals surface area contributed by atoms with Crippen LogP contribution in [-0.2, 0) is 0 Å². The van der Waals surface area contributed by atoms with Crippen LogP contribution in [0.25, 0.3) is 0 Å². The van der Waals surface area contributed by atoms with Gasteiger partial charge in [-0.15, -0.1) is 0 Å². The number of para-hydroxylation sites is 1. The minimum absolute atomic E-state index is 0.363. The zero-order valence-electron chi connectivity index (χ0n) is 14.0. The Morgan fingerprint density at radius 2 is 2.00 bits per heavy atom. The van der Waals surface area contributed by atoms with Crippen molar-refractivity contribution in [1.82, 2.24) is 10.3 Å². The van der Waals surface area contributed by atoms with Gasteiger partial charge in [0.2, 0.25) is 0 Å². The normalized spacial score (nSPS) is 19.5. The molecule has 1 fully saturated rings. The Morgan fingerprint density at radius 1 is 1.17 bits per heavy atom. The number of benzene rings is 1. The smallest absolute Gasteiger partial charge is 0.0573 e. The maximum absolute atomic E-state index is 4.56. The fourth-order valence-electron chi connectivity index (χ4n) is 3.46. The third-order valence-corrected chi connectivity index (χ3v) is 4.60. The molecule has 1 saturated heterocycles. The molecule has 23 heavy (non-hydrogen) atoms. The number of nitrogens with one attached hydrogen (secondary N) is 1. The zero-order valence-corrected chi connectivity index (χ0v) is 14.0. The highest BCUT2D eigenvalue weighted by molar-refractivity contribution is 5.46. The van der Waals surface area contributed by atoms with Crippen LogP contribution in [0.2, 0.25) is 0 Å². The predicted molar refractivity (Wildman–Crippen MR) is 96.7 cm³/mol. The van der Waals surface area contributed by atoms with Crippen molar-refractivity contribution in [2.45, 2.75) is 44.7 Å². The van der Waals surface area contributed by atoms with Crippen molar-refractivity contribution in [3.05, 3.63) is 60.4 Å². The average molecular weight is 309 g/mol. The first kappa shape index (κ1) is 16.0. The third-order valence-electron chi connectivity index (χ3n) is 4.60. The molecule has 0 amide bonds. The molecule has 0 radical (unpaired) electrons. The van der Waals surface area contributed by atoms with Gasteiger partial charge in [-0.1, -0.05) is 37.6 Å². The SMILES string of the molecule is CCC[C@H](N[C@@H]1CCCN(c2ccccc2)C1)c1ccccn1. The second-order valence-corrected chi connectivity index (χ2v) is 6.38. The van der Waals surface area contributed by atoms with Gasteiger partial charge in [0.05, 0.1) is 5.69 Å². The average Bonchev–Trinajstić information content (AvgIpc) is 2.63. The molecule has 1 aromatic heterocycles. The van der Waals surface area contributed by atoms with E-state index in [1.54, 1.807) is 0 Å². The quantitative estimate of drug-likeness (QED) is 0.867. The number of rotatable bonds is 6. The van der Waals surface area contributed by atoms with Gasteiger partial charge in [-0.05, 0) is 43.5 Å². The zero-order chi connectivity index (χ0) is 15.9. The summed E-state index contributed by atoms with van der Waals surface area (Å²) in [6, 6.07) is 17.9. The molecule has 0 aliphatic carbocycles. The van der Waals surface area contributed by atoms with Crippen molar-refractivity contribution in [1.29, 1.82) is 0 Å². The van der Waals surface area contributed by atoms with Crippen LogP contribution >= 0.6 is 0 Å². The van der Waals surface area contributed by atoms with Crippen LogP contribution in [0.3, 0.4) is 0 Å². The Balaban J connectivity index is 1.66. The number of aromatic nitrogens is 1. The molecule has 122 valence electrons. The Hall–Kier alpha value is -1.87. The number of piperidine rings is 1. The van der Waals surface area contributed by atoms with E-state index in [0.29, 0.717) is 12.1 Å². The minimum atomic E-state index is 0.363. The van der Waals surface area contributed by atoms with Crippen molar-refractivity contribution < 1.29 is 0 Å². The van der Waals surface area contributed by atoms with Crippen LogP contribution < -0.4 is 10.2 Å². The maximum Gasteiger partial charge on any atom is 0.0573 e. The largest absolute Gasteiger partial charge is 0.370 e. The fraction of sp³-hybridized carbons (Fsp3) is 0.450. The standard InChI is InChI=1S/C20H27N3/c1-2-9-20(19-13-6-7-14-21-19)22-17-10-8-15-23(16-17)18-11-4-3-5-12-18/h3-7,11-14,17,20,22H,2,8-10,15-16H2,1H3/t17-,20+/m1/s1. The molecule has 0 bridgehead atoms. The molecular weight excluding hydrogens is 282 g/mol. The molecule has 1 aromatic carbocycles. The predicted octanol–water partition coefficient (Wildman–Crippen LogP) is 4.18. The van der Waals surface area contributed by atoms with Gasteiger partial charge in [-0.2, -0.15) is 0 Å². The van der Waals surface area contributed by atoms with Crippen molar-refractivity contribution in [2.24, 2.45) is 0 Å². The van der Waals surface area contributed by atoms with Crippen molar-refractivity contribution in [2.75, 3.05) is 18.0 Å². The fourth-order valence-corrected chi connectivity index (χ4v) is 3.46. The Bertz CT molecular complexity index is 570. The van der Waals surface area contributed by atoms with E-state index in [9.17, 15) is 0 Å². The molecule has 1 aliphatic heterocycles. The molecule has 0 spiro atoms. The lowest BCUT2D eigenvalue weighted by molar-refractivity contribution is 0.360. The van der Waals surface area contributed by atoms with E-state index in [0.717, 1.165) is 19.5 Å². The molecule has 0 unspecified atom stereocenters. The van der Waals surface area contributed by atoms with Crippen LogP contribution in [0.5, 0.6) is 0 Å². The van der Waals surface area contributed by atoms with Crippen LogP contribution in [0.4, 0.5) is 5.69 Å². The number of pyridine rings is 1. The first-order valence-electron chi connectivity index (χ1n) is 8.84. The molecule has 3 nitrogen and oxygen atoms in total. The molecule has 0 saturated carbocycles. The lowest BCUT2D eigenvalue weighted by Crippen LogP contribution is -2.47. The summed E-state index contributed by atoms with van der Waals surface area (Å²) in [5.74, 6) is 0. The second-order valence-electron chi connectivity index (χ2n) is 6.38. The Morgan fingerprint density at radius 3 is 2.74 bits per heavy atom. The van der Waals surface area contributed by atoms with Gasteiger partial charge in [-0.25, -0.2) is 0 Å². The van der Waals surface area contributed by atoms with E-state index in [1.807, 2.05) is 12.3 Å². The molecule has 2 atom stereocenters. The Labute approximate surface area is 139 Å². The Kier molecular flexibility index (Phi) is 5.65. The highest BCUT2D eigenvalue weighted by atomic mass is 15.2. The first-order chi connectivity index (χ1) is 11.4. The summed E-state index contributed by atoms with van der Waals surface area (Å²) in [6.45, 7) is 4.48. The lowest BCUT2D eigenvalue weighted by atomic mass is 10.0. The monoisotopic (exact) mass is 309 g/mol. The number of nitrogens with zero attached hydrogens (tertiary/aromatic N) is 2. The van der Waals surface area contributed by atoms with Gasteiger partial charge in [0.15, 0.2) is 0 Å². The van der Waals surface area contributed by atoms with E-state index in [1.165, 1.54) is 30.6 Å². The second kappa shape index (κ2) is 8.11. The molecule has 2 aromatic rings. The highest BCUT2D eigenvalue weighted by Crippen LogP contribution is 2.23. The molecule has 3 heteroatoms. The van der Waals surface area contributed by atoms with Crippen LogP contribution in [0, 0.1) is 0 Å². The van der Waals surface area contributed by atoms with Gasteiger partial charge in [-0.3, -0.25) is 4.98 Å². The van der Waals surface area contributed by atoms with Crippen LogP contribution in [0.15, 0.2) is 54.7 Å². The van der Waals surface area contributed by atoms with Crippen LogP contribution in [-0.4, -0.2) is 24.1 Å². The molecule has 3 rings (SSSR count). The van der Waals surface area contributed by atoms with Gasteiger partial charge < -0.3 is 10.2 Å². The van der Waals surface area contributed by atoms with Crippen molar-refractivity contribution in [3.63, 3.8) is 0 Å². The molecule has 1 aliphatic rings. The number of hydrogen-bond donors (Lipinski definition) is 1. The summed E-state index contributed by atoms with van der Waals surface area (Å²) in [6.07, 6.45) is 6.70. The van der Waals surface area contributed by atoms with Gasteiger partial charge in [0.1, 0.15) is 0 Å². The summed E-state index contributed by atoms with van der Waals surface area (Å²) in [4.78, 5) is 7.07. The number of anilines is 1. The number of hydrogen-bond acceptors (Lipinski definition) is 3. The molecular formula is C20H27N3. The van der Waals surface area contributed by atoms with Gasteiger partial charge >= 0.3 is 0 Å². The maximum atomic E-state index is 4.56. The third kappa shape index (κ3) is 4.32. The van der Waals surface area contributed by atoms with Gasteiger partial charge in [0, 0.05) is 37.1 Å². The summed E-state index contributed by atoms with van der Waals surface area (Å²) >= 11 is 0. The van der Waals surface area contributed by atoms with E-state index in [2.05, 4.69) is 64.6 Å².